The van der Waals surface area contributed by atoms with Crippen LogP contribution in [-0.2, 0) is 9.47 Å². The molecule has 2 N–H and O–H groups in total. The first-order valence-electron chi connectivity index (χ1n) is 7.07. The molecule has 1 aliphatic rings. The van der Waals surface area contributed by atoms with Gasteiger partial charge in [-0.3, -0.25) is 9.89 Å². The standard InChI is InChI=1S/C14H27N3O2/c1-4-16-11-13(12(2)3)14(15)19-10-7-17-5-8-18-9-6-17/h11-12H,4-10,15H2,1-3H3. The van der Waals surface area contributed by atoms with Crippen molar-refractivity contribution in [1.29, 1.82) is 0 Å². The van der Waals surface area contributed by atoms with Crippen molar-refractivity contribution >= 4 is 6.21 Å². The van der Waals surface area contributed by atoms with Crippen LogP contribution in [0.25, 0.3) is 0 Å². The van der Waals surface area contributed by atoms with E-state index >= 15 is 0 Å². The molecule has 110 valence electrons. The Labute approximate surface area is 116 Å². The molecular weight excluding hydrogens is 242 g/mol. The topological polar surface area (TPSA) is 60.1 Å². The number of nitrogens with zero attached hydrogens (tertiary/aromatic N) is 2. The highest BCUT2D eigenvalue weighted by molar-refractivity contribution is 5.79. The number of allylic oxidation sites excluding steroid dienone is 1. The van der Waals surface area contributed by atoms with Gasteiger partial charge in [0.05, 0.1) is 13.2 Å². The Hall–Kier alpha value is -1.07. The highest BCUT2D eigenvalue weighted by atomic mass is 16.5. The van der Waals surface area contributed by atoms with Crippen molar-refractivity contribution in [1.82, 2.24) is 4.90 Å². The predicted molar refractivity (Wildman–Crippen MR) is 78.3 cm³/mol. The van der Waals surface area contributed by atoms with Crippen LogP contribution in [0.2, 0.25) is 0 Å². The highest BCUT2D eigenvalue weighted by Gasteiger charge is 2.11. The van der Waals surface area contributed by atoms with Gasteiger partial charge in [0, 0.05) is 38.0 Å². The third kappa shape index (κ3) is 6.07. The molecule has 1 saturated heterocycles. The first-order chi connectivity index (χ1) is 9.15. The van der Waals surface area contributed by atoms with Gasteiger partial charge in [0.15, 0.2) is 5.88 Å². The zero-order chi connectivity index (χ0) is 14.1. The maximum absolute atomic E-state index is 6.00. The monoisotopic (exact) mass is 269 g/mol. The SMILES string of the molecule is CCN=CC(=C(N)OCCN1CCOCC1)C(C)C. The van der Waals surface area contributed by atoms with Crippen LogP contribution >= 0.6 is 0 Å². The van der Waals surface area contributed by atoms with Crippen LogP contribution in [0.1, 0.15) is 20.8 Å². The molecule has 0 amide bonds. The minimum atomic E-state index is 0.318. The van der Waals surface area contributed by atoms with E-state index in [1.54, 1.807) is 0 Å². The zero-order valence-electron chi connectivity index (χ0n) is 12.4. The maximum Gasteiger partial charge on any atom is 0.189 e. The molecule has 0 atom stereocenters. The van der Waals surface area contributed by atoms with Gasteiger partial charge in [-0.05, 0) is 12.8 Å². The first-order valence-corrected chi connectivity index (χ1v) is 7.07. The zero-order valence-corrected chi connectivity index (χ0v) is 12.4. The summed E-state index contributed by atoms with van der Waals surface area (Å²) in [6.45, 7) is 12.0. The van der Waals surface area contributed by atoms with Crippen molar-refractivity contribution in [2.45, 2.75) is 20.8 Å². The van der Waals surface area contributed by atoms with E-state index < -0.39 is 0 Å². The summed E-state index contributed by atoms with van der Waals surface area (Å²) in [7, 11) is 0. The average molecular weight is 269 g/mol. The van der Waals surface area contributed by atoms with E-state index in [9.17, 15) is 0 Å². The van der Waals surface area contributed by atoms with Crippen LogP contribution in [0.5, 0.6) is 0 Å². The lowest BCUT2D eigenvalue weighted by atomic mass is 10.1. The van der Waals surface area contributed by atoms with Crippen LogP contribution in [0, 0.1) is 5.92 Å². The van der Waals surface area contributed by atoms with E-state index in [1.807, 2.05) is 13.1 Å². The van der Waals surface area contributed by atoms with Crippen molar-refractivity contribution in [2.75, 3.05) is 46.0 Å². The second-order valence-electron chi connectivity index (χ2n) is 4.90. The number of hydrogen-bond donors (Lipinski definition) is 1. The van der Waals surface area contributed by atoms with Gasteiger partial charge in [-0.2, -0.15) is 0 Å². The Morgan fingerprint density at radius 2 is 2.11 bits per heavy atom. The van der Waals surface area contributed by atoms with E-state index in [0.717, 1.165) is 45.0 Å². The Morgan fingerprint density at radius 3 is 2.68 bits per heavy atom. The lowest BCUT2D eigenvalue weighted by Gasteiger charge is -2.26. The molecule has 1 fully saturated rings. The van der Waals surface area contributed by atoms with Gasteiger partial charge in [-0.25, -0.2) is 0 Å². The maximum atomic E-state index is 6.00. The van der Waals surface area contributed by atoms with E-state index in [-0.39, 0.29) is 0 Å². The van der Waals surface area contributed by atoms with Crippen LogP contribution in [-0.4, -0.2) is 57.1 Å². The summed E-state index contributed by atoms with van der Waals surface area (Å²) in [5, 5.41) is 0. The Morgan fingerprint density at radius 1 is 1.42 bits per heavy atom. The fourth-order valence-corrected chi connectivity index (χ4v) is 1.88. The summed E-state index contributed by atoms with van der Waals surface area (Å²) in [4.78, 5) is 6.57. The summed E-state index contributed by atoms with van der Waals surface area (Å²) in [5.41, 5.74) is 6.97. The van der Waals surface area contributed by atoms with E-state index in [2.05, 4.69) is 23.7 Å². The number of nitrogens with two attached hydrogens (primary N) is 1. The Balaban J connectivity index is 2.41. The molecule has 19 heavy (non-hydrogen) atoms. The fraction of sp³-hybridized carbons (Fsp3) is 0.786. The van der Waals surface area contributed by atoms with E-state index in [4.69, 9.17) is 15.2 Å². The van der Waals surface area contributed by atoms with Crippen LogP contribution < -0.4 is 5.73 Å². The molecule has 5 nitrogen and oxygen atoms in total. The molecule has 0 unspecified atom stereocenters. The lowest BCUT2D eigenvalue weighted by molar-refractivity contribution is 0.0272. The Kier molecular flexibility index (Phi) is 7.52. The van der Waals surface area contributed by atoms with Crippen LogP contribution in [0.15, 0.2) is 16.4 Å². The van der Waals surface area contributed by atoms with Crippen molar-refractivity contribution in [3.63, 3.8) is 0 Å². The number of aliphatic imine (C=N–C) groups is 1. The van der Waals surface area contributed by atoms with Gasteiger partial charge in [0.25, 0.3) is 0 Å². The van der Waals surface area contributed by atoms with Gasteiger partial charge in [0.1, 0.15) is 6.61 Å². The van der Waals surface area contributed by atoms with Gasteiger partial charge >= 0.3 is 0 Å². The van der Waals surface area contributed by atoms with Crippen LogP contribution in [0.3, 0.4) is 0 Å². The quantitative estimate of drug-likeness (QED) is 0.558. The summed E-state index contributed by atoms with van der Waals surface area (Å²) in [6.07, 6.45) is 1.83. The molecule has 0 saturated carbocycles. The molecule has 0 spiro atoms. The van der Waals surface area contributed by atoms with Crippen molar-refractivity contribution in [2.24, 2.45) is 16.6 Å². The number of morpholine rings is 1. The van der Waals surface area contributed by atoms with Crippen LogP contribution in [0.4, 0.5) is 0 Å². The summed E-state index contributed by atoms with van der Waals surface area (Å²) in [6, 6.07) is 0. The summed E-state index contributed by atoms with van der Waals surface area (Å²) >= 11 is 0. The minimum Gasteiger partial charge on any atom is -0.478 e. The smallest absolute Gasteiger partial charge is 0.189 e. The predicted octanol–water partition coefficient (Wildman–Crippen LogP) is 1.25. The molecule has 5 heteroatoms. The molecular formula is C14H27N3O2. The summed E-state index contributed by atoms with van der Waals surface area (Å²) in [5.74, 6) is 0.819. The molecule has 0 radical (unpaired) electrons. The first kappa shape index (κ1) is 16.0. The summed E-state index contributed by atoms with van der Waals surface area (Å²) < 4.78 is 11.0. The van der Waals surface area contributed by atoms with Gasteiger partial charge in [-0.15, -0.1) is 0 Å². The van der Waals surface area contributed by atoms with Gasteiger partial charge in [-0.1, -0.05) is 13.8 Å². The van der Waals surface area contributed by atoms with Crippen molar-refractivity contribution in [3.8, 4) is 0 Å². The van der Waals surface area contributed by atoms with E-state index in [0.29, 0.717) is 18.4 Å². The average Bonchev–Trinajstić information content (AvgIpc) is 2.40. The minimum absolute atomic E-state index is 0.318. The third-order valence-corrected chi connectivity index (χ3v) is 3.09. The molecule has 1 heterocycles. The second kappa shape index (κ2) is 8.93. The Bertz CT molecular complexity index is 308. The van der Waals surface area contributed by atoms with Gasteiger partial charge < -0.3 is 15.2 Å². The third-order valence-electron chi connectivity index (χ3n) is 3.09. The lowest BCUT2D eigenvalue weighted by Crippen LogP contribution is -2.38. The molecule has 0 aromatic carbocycles. The number of rotatable bonds is 7. The van der Waals surface area contributed by atoms with Crippen molar-refractivity contribution < 1.29 is 9.47 Å². The molecule has 0 aromatic heterocycles. The number of ether oxygens (including phenoxy) is 2. The molecule has 0 aliphatic carbocycles. The van der Waals surface area contributed by atoms with Crippen molar-refractivity contribution in [3.05, 3.63) is 11.5 Å². The normalized spacial score (nSPS) is 18.9. The van der Waals surface area contributed by atoms with E-state index in [1.165, 1.54) is 0 Å². The number of hydrogen-bond acceptors (Lipinski definition) is 5. The largest absolute Gasteiger partial charge is 0.478 e. The molecule has 0 bridgehead atoms. The fourth-order valence-electron chi connectivity index (χ4n) is 1.88. The molecule has 1 aliphatic heterocycles. The molecule has 0 aromatic rings. The highest BCUT2D eigenvalue weighted by Crippen LogP contribution is 2.11. The van der Waals surface area contributed by atoms with Gasteiger partial charge in [0.2, 0.25) is 0 Å². The second-order valence-corrected chi connectivity index (χ2v) is 4.90. The molecule has 1 rings (SSSR count).